The van der Waals surface area contributed by atoms with Gasteiger partial charge in [-0.2, -0.15) is 0 Å². The molecule has 5 atom stereocenters. The molecular weight excluding hydrogens is 520 g/mol. The summed E-state index contributed by atoms with van der Waals surface area (Å²) in [6, 6.07) is 35.9. The van der Waals surface area contributed by atoms with Crippen LogP contribution in [0, 0.1) is 18.3 Å². The van der Waals surface area contributed by atoms with Crippen LogP contribution in [-0.4, -0.2) is 16.7 Å². The van der Waals surface area contributed by atoms with Crippen molar-refractivity contribution in [2.75, 3.05) is 0 Å². The van der Waals surface area contributed by atoms with Gasteiger partial charge in [-0.15, -0.1) is 0 Å². The average molecular weight is 549 g/mol. The number of benzene rings is 5. The molecule has 8 rings (SSSR count). The number of carbonyl (C=O) groups is 2. The fourth-order valence-electron chi connectivity index (χ4n) is 7.96. The van der Waals surface area contributed by atoms with Crippen molar-refractivity contribution in [3.8, 4) is 0 Å². The topological polar surface area (TPSA) is 63.6 Å². The summed E-state index contributed by atoms with van der Waals surface area (Å²) in [5.74, 6) is -3.01. The van der Waals surface area contributed by atoms with Crippen LogP contribution in [-0.2, 0) is 10.5 Å². The van der Waals surface area contributed by atoms with Gasteiger partial charge in [0, 0.05) is 28.2 Å². The van der Waals surface area contributed by atoms with E-state index in [9.17, 15) is 14.7 Å². The Balaban J connectivity index is 1.46. The van der Waals surface area contributed by atoms with Crippen LogP contribution in [0.4, 0.5) is 0 Å². The summed E-state index contributed by atoms with van der Waals surface area (Å²) < 4.78 is 6.81. The zero-order chi connectivity index (χ0) is 28.6. The lowest BCUT2D eigenvalue weighted by atomic mass is 9.64. The van der Waals surface area contributed by atoms with Gasteiger partial charge in [-0.1, -0.05) is 127 Å². The van der Waals surface area contributed by atoms with Crippen LogP contribution >= 0.6 is 0 Å². The molecule has 2 aliphatic carbocycles. The smallest absolute Gasteiger partial charge is 0.200 e. The molecule has 1 N–H and O–H groups in total. The molecule has 1 aliphatic heterocycles. The van der Waals surface area contributed by atoms with Crippen molar-refractivity contribution < 1.29 is 19.4 Å². The number of fused-ring (bicyclic) bond motifs is 4. The van der Waals surface area contributed by atoms with Gasteiger partial charge in [0.1, 0.15) is 6.10 Å². The zero-order valence-electron chi connectivity index (χ0n) is 23.0. The number of ketones is 2. The van der Waals surface area contributed by atoms with E-state index in [1.165, 1.54) is 0 Å². The quantitative estimate of drug-likeness (QED) is 0.183. The Morgan fingerprint density at radius 2 is 1.26 bits per heavy atom. The van der Waals surface area contributed by atoms with Crippen LogP contribution in [0.15, 0.2) is 127 Å². The lowest BCUT2D eigenvalue weighted by Crippen LogP contribution is -2.42. The minimum absolute atomic E-state index is 0.0829. The van der Waals surface area contributed by atoms with Gasteiger partial charge < -0.3 is 9.84 Å². The highest BCUT2D eigenvalue weighted by Gasteiger charge is 2.75. The monoisotopic (exact) mass is 548 g/mol. The maximum absolute atomic E-state index is 14.9. The first-order valence-electron chi connectivity index (χ1n) is 14.4. The second kappa shape index (κ2) is 8.93. The molecule has 0 aromatic heterocycles. The normalized spacial score (nSPS) is 26.8. The van der Waals surface area contributed by atoms with Gasteiger partial charge in [0.2, 0.25) is 5.79 Å². The standard InChI is InChI=1S/C38H28O4/c1-23-27-19-11-12-20-28(27)32(34(39)24-13-5-2-6-14-24)33-29-21-22-30-37(29,35(40)25-15-7-3-8-16-25)36(31(23)33)42-38(30,41)26-17-9-4-10-18-26/h2-22,29-30,36,41H,1H3. The maximum Gasteiger partial charge on any atom is 0.200 e. The van der Waals surface area contributed by atoms with Crippen molar-refractivity contribution in [1.29, 1.82) is 0 Å². The summed E-state index contributed by atoms with van der Waals surface area (Å²) in [6.07, 6.45) is 3.22. The summed E-state index contributed by atoms with van der Waals surface area (Å²) in [5, 5.41) is 14.2. The first-order valence-corrected chi connectivity index (χ1v) is 14.4. The van der Waals surface area contributed by atoms with Gasteiger partial charge in [-0.3, -0.25) is 9.59 Å². The van der Waals surface area contributed by atoms with E-state index in [0.29, 0.717) is 22.3 Å². The molecule has 4 nitrogen and oxygen atoms in total. The van der Waals surface area contributed by atoms with Crippen LogP contribution in [0.5, 0.6) is 0 Å². The molecule has 4 heteroatoms. The first kappa shape index (κ1) is 25.1. The summed E-state index contributed by atoms with van der Waals surface area (Å²) in [5.41, 5.74) is 3.84. The molecule has 1 heterocycles. The number of aliphatic hydroxyl groups is 1. The highest BCUT2D eigenvalue weighted by Crippen LogP contribution is 2.74. The summed E-state index contributed by atoms with van der Waals surface area (Å²) in [4.78, 5) is 29.4. The molecular formula is C38H28O4. The van der Waals surface area contributed by atoms with Crippen molar-refractivity contribution in [3.05, 3.63) is 166 Å². The second-order valence-electron chi connectivity index (χ2n) is 11.6. The molecule has 42 heavy (non-hydrogen) atoms. The van der Waals surface area contributed by atoms with E-state index in [0.717, 1.165) is 27.5 Å². The van der Waals surface area contributed by atoms with Gasteiger partial charge in [0.15, 0.2) is 11.6 Å². The Hall–Kier alpha value is -4.64. The lowest BCUT2D eigenvalue weighted by Gasteiger charge is -2.34. The first-order chi connectivity index (χ1) is 20.5. The SMILES string of the molecule is Cc1c2c(c(C(=O)c3ccccc3)c3ccccc13)C1C=CC3C(O)(c4ccccc4)OC2C13C(=O)c1ccccc1. The van der Waals surface area contributed by atoms with E-state index in [-0.39, 0.29) is 11.6 Å². The fourth-order valence-corrected chi connectivity index (χ4v) is 7.96. The summed E-state index contributed by atoms with van der Waals surface area (Å²) in [7, 11) is 0. The minimum Gasteiger partial charge on any atom is -0.361 e. The highest BCUT2D eigenvalue weighted by atomic mass is 16.6. The third-order valence-corrected chi connectivity index (χ3v) is 9.69. The van der Waals surface area contributed by atoms with Crippen molar-refractivity contribution in [3.63, 3.8) is 0 Å². The third kappa shape index (κ3) is 3.08. The van der Waals surface area contributed by atoms with Gasteiger partial charge in [-0.05, 0) is 34.4 Å². The number of hydrogen-bond donors (Lipinski definition) is 1. The number of ether oxygens (including phenoxy) is 1. The van der Waals surface area contributed by atoms with Crippen molar-refractivity contribution in [1.82, 2.24) is 0 Å². The Morgan fingerprint density at radius 1 is 0.690 bits per heavy atom. The molecule has 3 aliphatic rings. The van der Waals surface area contributed by atoms with Gasteiger partial charge >= 0.3 is 0 Å². The van der Waals surface area contributed by atoms with Crippen molar-refractivity contribution in [2.45, 2.75) is 24.7 Å². The van der Waals surface area contributed by atoms with E-state index in [1.807, 2.05) is 134 Å². The Kier molecular flexibility index (Phi) is 5.34. The maximum atomic E-state index is 14.9. The van der Waals surface area contributed by atoms with Crippen LogP contribution in [0.3, 0.4) is 0 Å². The second-order valence-corrected chi connectivity index (χ2v) is 11.6. The van der Waals surface area contributed by atoms with Crippen LogP contribution < -0.4 is 0 Å². The fraction of sp³-hybridized carbons (Fsp3) is 0.158. The van der Waals surface area contributed by atoms with Crippen molar-refractivity contribution >= 4 is 22.3 Å². The van der Waals surface area contributed by atoms with Gasteiger partial charge in [0.25, 0.3) is 0 Å². The molecule has 5 unspecified atom stereocenters. The van der Waals surface area contributed by atoms with E-state index < -0.39 is 29.1 Å². The van der Waals surface area contributed by atoms with Crippen LogP contribution in [0.2, 0.25) is 0 Å². The highest BCUT2D eigenvalue weighted by molar-refractivity contribution is 6.19. The van der Waals surface area contributed by atoms with Gasteiger partial charge in [0.05, 0.1) is 11.3 Å². The Labute approximate surface area is 243 Å². The number of aryl methyl sites for hydroxylation is 1. The number of carbonyl (C=O) groups excluding carboxylic acids is 2. The predicted octanol–water partition coefficient (Wildman–Crippen LogP) is 7.45. The number of rotatable bonds is 5. The molecule has 5 aromatic carbocycles. The predicted molar refractivity (Wildman–Crippen MR) is 161 cm³/mol. The molecule has 0 radical (unpaired) electrons. The van der Waals surface area contributed by atoms with E-state index in [1.54, 1.807) is 0 Å². The minimum atomic E-state index is -1.72. The van der Waals surface area contributed by atoms with Crippen LogP contribution in [0.25, 0.3) is 10.8 Å². The Morgan fingerprint density at radius 3 is 1.93 bits per heavy atom. The third-order valence-electron chi connectivity index (χ3n) is 9.69. The lowest BCUT2D eigenvalue weighted by molar-refractivity contribution is -0.215. The number of hydrogen-bond acceptors (Lipinski definition) is 4. The molecule has 0 spiro atoms. The molecule has 0 bridgehead atoms. The zero-order valence-corrected chi connectivity index (χ0v) is 23.0. The molecule has 204 valence electrons. The molecule has 5 aromatic rings. The van der Waals surface area contributed by atoms with E-state index in [2.05, 4.69) is 0 Å². The molecule has 1 saturated heterocycles. The Bertz CT molecular complexity index is 1930. The largest absolute Gasteiger partial charge is 0.361 e. The molecule has 1 fully saturated rings. The average Bonchev–Trinajstić information content (AvgIpc) is 3.67. The number of Topliss-reactive ketones (excluding diaryl/α,β-unsaturated/α-hetero) is 1. The molecule has 0 saturated carbocycles. The summed E-state index contributed by atoms with van der Waals surface area (Å²) >= 11 is 0. The van der Waals surface area contributed by atoms with Crippen LogP contribution in [0.1, 0.15) is 60.6 Å². The molecule has 0 amide bonds. The van der Waals surface area contributed by atoms with Gasteiger partial charge in [-0.25, -0.2) is 0 Å². The van der Waals surface area contributed by atoms with E-state index >= 15 is 0 Å². The van der Waals surface area contributed by atoms with Crippen molar-refractivity contribution in [2.24, 2.45) is 11.3 Å². The summed E-state index contributed by atoms with van der Waals surface area (Å²) in [6.45, 7) is 2.04. The van der Waals surface area contributed by atoms with E-state index in [4.69, 9.17) is 4.74 Å². The number of allylic oxidation sites excluding steroid dienone is 1.